The summed E-state index contributed by atoms with van der Waals surface area (Å²) >= 11 is 0. The maximum absolute atomic E-state index is 12.8. The summed E-state index contributed by atoms with van der Waals surface area (Å²) in [6.07, 6.45) is -14.3. The molecule has 3 aliphatic heterocycles. The minimum Gasteiger partial charge on any atom is -0.508 e. The number of Topliss-reactive ketones (excluding diaryl/α,β-unsaturated/α-hetero) is 1. The lowest BCUT2D eigenvalue weighted by molar-refractivity contribution is -0.345. The first-order valence-electron chi connectivity index (χ1n) is 12.8. The fraction of sp³-hybridized carbons (Fsp3) is 0.519. The van der Waals surface area contributed by atoms with Crippen molar-refractivity contribution in [3.05, 3.63) is 47.5 Å². The number of hydrogen-bond donors (Lipinski definition) is 7. The van der Waals surface area contributed by atoms with Gasteiger partial charge in [0.1, 0.15) is 71.3 Å². The van der Waals surface area contributed by atoms with Crippen LogP contribution in [0.5, 0.6) is 23.0 Å². The SMILES string of the molecule is C[C@@H]1O[C@@H](O[C@@H]2[C@@H](O)[C@H](O)[C@@H](Oc3cc(O)c4c(c3)O[C@H](c3ccc(O)cc3)CC4=O)O[C@H]2C)[C@@H](O)[C@H](O)[C@H]1O. The van der Waals surface area contributed by atoms with Crippen LogP contribution in [0.4, 0.5) is 0 Å². The van der Waals surface area contributed by atoms with E-state index >= 15 is 0 Å². The van der Waals surface area contributed by atoms with Crippen LogP contribution in [0, 0.1) is 0 Å². The Morgan fingerprint density at radius 2 is 1.45 bits per heavy atom. The van der Waals surface area contributed by atoms with Crippen LogP contribution in [0.25, 0.3) is 0 Å². The Balaban J connectivity index is 1.29. The van der Waals surface area contributed by atoms with Gasteiger partial charge in [-0.15, -0.1) is 0 Å². The largest absolute Gasteiger partial charge is 0.508 e. The van der Waals surface area contributed by atoms with Gasteiger partial charge < -0.3 is 59.4 Å². The van der Waals surface area contributed by atoms with Gasteiger partial charge in [-0.2, -0.15) is 0 Å². The Bertz CT molecular complexity index is 1220. The standard InChI is InChI=1S/C27H32O13/c1-10-20(31)21(32)23(34)27(36-10)40-25-11(2)37-26(24(35)22(25)33)38-14-7-15(29)19-16(30)9-17(39-18(19)8-14)12-3-5-13(28)6-4-12/h3-8,10-11,17,20-29,31-35H,9H2,1-2H3/t10-,11-,17-,20-,21+,22-,23-,24-,25-,26+,27-/m0/s1. The Morgan fingerprint density at radius 1 is 0.800 bits per heavy atom. The molecule has 2 fully saturated rings. The topological polar surface area (TPSA) is 205 Å². The summed E-state index contributed by atoms with van der Waals surface area (Å²) in [5.74, 6) is -0.679. The van der Waals surface area contributed by atoms with Gasteiger partial charge in [-0.25, -0.2) is 0 Å². The molecule has 13 heteroatoms. The first-order chi connectivity index (χ1) is 18.9. The average Bonchev–Trinajstić information content (AvgIpc) is 2.91. The van der Waals surface area contributed by atoms with E-state index in [0.29, 0.717) is 5.56 Å². The number of aromatic hydroxyl groups is 2. The first kappa shape index (κ1) is 28.5. The molecule has 13 nitrogen and oxygen atoms in total. The van der Waals surface area contributed by atoms with Crippen molar-refractivity contribution in [2.45, 2.75) is 87.8 Å². The summed E-state index contributed by atoms with van der Waals surface area (Å²) in [6, 6.07) is 8.69. The van der Waals surface area contributed by atoms with Crippen LogP contribution in [-0.4, -0.2) is 103 Å². The van der Waals surface area contributed by atoms with Gasteiger partial charge in [-0.05, 0) is 31.5 Å². The number of ketones is 1. The molecule has 0 radical (unpaired) electrons. The molecule has 40 heavy (non-hydrogen) atoms. The quantitative estimate of drug-likeness (QED) is 0.253. The van der Waals surface area contributed by atoms with Gasteiger partial charge in [-0.3, -0.25) is 4.79 Å². The van der Waals surface area contributed by atoms with Crippen molar-refractivity contribution in [2.75, 3.05) is 0 Å². The van der Waals surface area contributed by atoms with Crippen LogP contribution in [0.2, 0.25) is 0 Å². The molecule has 0 unspecified atom stereocenters. The van der Waals surface area contributed by atoms with Crippen molar-refractivity contribution in [2.24, 2.45) is 0 Å². The number of phenols is 2. The van der Waals surface area contributed by atoms with Crippen molar-refractivity contribution >= 4 is 5.78 Å². The molecule has 3 heterocycles. The second-order valence-corrected chi connectivity index (χ2v) is 10.2. The number of hydrogen-bond acceptors (Lipinski definition) is 13. The fourth-order valence-electron chi connectivity index (χ4n) is 5.06. The normalized spacial score (nSPS) is 37.9. The molecule has 2 saturated heterocycles. The van der Waals surface area contributed by atoms with E-state index in [2.05, 4.69) is 0 Å². The van der Waals surface area contributed by atoms with E-state index < -0.39 is 73.3 Å². The van der Waals surface area contributed by atoms with Crippen molar-refractivity contribution < 1.29 is 64.2 Å². The zero-order valence-electron chi connectivity index (χ0n) is 21.6. The number of phenolic OH excluding ortho intramolecular Hbond substituents is 2. The van der Waals surface area contributed by atoms with Crippen LogP contribution >= 0.6 is 0 Å². The van der Waals surface area contributed by atoms with Gasteiger partial charge >= 0.3 is 0 Å². The van der Waals surface area contributed by atoms with E-state index in [9.17, 15) is 40.5 Å². The van der Waals surface area contributed by atoms with Crippen LogP contribution in [0.15, 0.2) is 36.4 Å². The number of aliphatic hydroxyl groups is 5. The van der Waals surface area contributed by atoms with E-state index in [-0.39, 0.29) is 35.0 Å². The molecule has 11 atom stereocenters. The molecule has 3 aliphatic rings. The van der Waals surface area contributed by atoms with Crippen molar-refractivity contribution in [1.29, 1.82) is 0 Å². The van der Waals surface area contributed by atoms with Gasteiger partial charge in [0.05, 0.1) is 18.6 Å². The van der Waals surface area contributed by atoms with E-state index in [1.165, 1.54) is 32.0 Å². The summed E-state index contributed by atoms with van der Waals surface area (Å²) in [7, 11) is 0. The molecule has 0 spiro atoms. The smallest absolute Gasteiger partial charge is 0.229 e. The minimum atomic E-state index is -1.67. The average molecular weight is 565 g/mol. The third kappa shape index (κ3) is 5.34. The van der Waals surface area contributed by atoms with E-state index in [1.54, 1.807) is 12.1 Å². The molecular weight excluding hydrogens is 532 g/mol. The van der Waals surface area contributed by atoms with E-state index in [4.69, 9.17) is 23.7 Å². The highest BCUT2D eigenvalue weighted by Gasteiger charge is 2.49. The molecule has 2 aromatic carbocycles. The van der Waals surface area contributed by atoms with Crippen molar-refractivity contribution in [3.63, 3.8) is 0 Å². The molecule has 2 aromatic rings. The number of aliphatic hydroxyl groups excluding tert-OH is 5. The highest BCUT2D eigenvalue weighted by Crippen LogP contribution is 2.43. The molecule has 0 aromatic heterocycles. The minimum absolute atomic E-state index is 0.0183. The summed E-state index contributed by atoms with van der Waals surface area (Å²) in [4.78, 5) is 12.8. The number of carbonyl (C=O) groups excluding carboxylic acids is 1. The number of rotatable bonds is 5. The number of ether oxygens (including phenoxy) is 5. The summed E-state index contributed by atoms with van der Waals surface area (Å²) in [5, 5.41) is 71.8. The summed E-state index contributed by atoms with van der Waals surface area (Å²) < 4.78 is 28.5. The Labute approximate surface area is 228 Å². The Morgan fingerprint density at radius 3 is 2.15 bits per heavy atom. The second-order valence-electron chi connectivity index (χ2n) is 10.2. The van der Waals surface area contributed by atoms with E-state index in [1.807, 2.05) is 0 Å². The van der Waals surface area contributed by atoms with Gasteiger partial charge in [0.25, 0.3) is 0 Å². The lowest BCUT2D eigenvalue weighted by atomic mass is 9.95. The predicted molar refractivity (Wildman–Crippen MR) is 133 cm³/mol. The third-order valence-electron chi connectivity index (χ3n) is 7.37. The van der Waals surface area contributed by atoms with Crippen LogP contribution < -0.4 is 9.47 Å². The fourth-order valence-corrected chi connectivity index (χ4v) is 5.06. The molecular formula is C27H32O13. The number of fused-ring (bicyclic) bond motifs is 1. The van der Waals surface area contributed by atoms with Gasteiger partial charge in [-0.1, -0.05) is 12.1 Å². The molecule has 0 bridgehead atoms. The molecule has 7 N–H and O–H groups in total. The zero-order valence-corrected chi connectivity index (χ0v) is 21.6. The van der Waals surface area contributed by atoms with Crippen molar-refractivity contribution in [1.82, 2.24) is 0 Å². The highest BCUT2D eigenvalue weighted by atomic mass is 16.7. The lowest BCUT2D eigenvalue weighted by Crippen LogP contribution is -2.63. The lowest BCUT2D eigenvalue weighted by Gasteiger charge is -2.45. The molecule has 0 saturated carbocycles. The Kier molecular flexibility index (Phi) is 7.92. The van der Waals surface area contributed by atoms with Gasteiger partial charge in [0.15, 0.2) is 12.1 Å². The molecule has 5 rings (SSSR count). The summed E-state index contributed by atoms with van der Waals surface area (Å²) in [5.41, 5.74) is 0.613. The second kappa shape index (κ2) is 11.1. The monoisotopic (exact) mass is 564 g/mol. The molecule has 218 valence electrons. The van der Waals surface area contributed by atoms with Gasteiger partial charge in [0.2, 0.25) is 6.29 Å². The van der Waals surface area contributed by atoms with Crippen LogP contribution in [0.3, 0.4) is 0 Å². The summed E-state index contributed by atoms with van der Waals surface area (Å²) in [6.45, 7) is 3.00. The predicted octanol–water partition coefficient (Wildman–Crippen LogP) is -0.138. The first-order valence-corrected chi connectivity index (χ1v) is 12.8. The van der Waals surface area contributed by atoms with Gasteiger partial charge in [0, 0.05) is 12.1 Å². The van der Waals surface area contributed by atoms with Crippen LogP contribution in [-0.2, 0) is 14.2 Å². The molecule has 0 aliphatic carbocycles. The Hall–Kier alpha value is -3.01. The zero-order chi connectivity index (χ0) is 28.9. The molecule has 0 amide bonds. The van der Waals surface area contributed by atoms with E-state index in [0.717, 1.165) is 6.07 Å². The maximum Gasteiger partial charge on any atom is 0.229 e. The van der Waals surface area contributed by atoms with Crippen LogP contribution in [0.1, 0.15) is 42.3 Å². The third-order valence-corrected chi connectivity index (χ3v) is 7.37. The number of benzene rings is 2. The highest BCUT2D eigenvalue weighted by molar-refractivity contribution is 6.02. The number of carbonyl (C=O) groups is 1. The maximum atomic E-state index is 12.8. The van der Waals surface area contributed by atoms with Crippen molar-refractivity contribution in [3.8, 4) is 23.0 Å².